The highest BCUT2D eigenvalue weighted by Crippen LogP contribution is 2.36. The molecule has 0 aromatic carbocycles. The minimum absolute atomic E-state index is 0.345. The molecule has 0 aliphatic heterocycles. The molecule has 0 spiro atoms. The summed E-state index contributed by atoms with van der Waals surface area (Å²) in [6.45, 7) is 16.9. The topological polar surface area (TPSA) is 9.23 Å². The second-order valence-electron chi connectivity index (χ2n) is 7.45. The quantitative estimate of drug-likeness (QED) is 0.274. The molecule has 2 heteroatoms. The average molecular weight is 285 g/mol. The molecule has 0 aromatic rings. The van der Waals surface area contributed by atoms with E-state index in [2.05, 4.69) is 53.8 Å². The van der Waals surface area contributed by atoms with Crippen LogP contribution in [0.4, 0.5) is 0 Å². The second kappa shape index (κ2) is 8.96. The highest BCUT2D eigenvalue weighted by Gasteiger charge is 2.36. The Morgan fingerprint density at radius 1 is 0.947 bits per heavy atom. The molecule has 0 N–H and O–H groups in total. The molecule has 0 atom stereocenters. The molecule has 0 aliphatic rings. The molecule has 0 aliphatic carbocycles. The van der Waals surface area contributed by atoms with Crippen molar-refractivity contribution in [2.45, 2.75) is 91.3 Å². The Kier molecular flexibility index (Phi) is 8.92. The van der Waals surface area contributed by atoms with Crippen LogP contribution in [0.1, 0.15) is 73.1 Å². The fourth-order valence-corrected chi connectivity index (χ4v) is 2.80. The maximum Gasteiger partial charge on any atom is 0.191 e. The van der Waals surface area contributed by atoms with Crippen molar-refractivity contribution in [3.05, 3.63) is 11.6 Å². The fraction of sp³-hybridized carbons (Fsp3) is 0.882. The van der Waals surface area contributed by atoms with Gasteiger partial charge in [-0.15, -0.1) is 0 Å². The average Bonchev–Trinajstić information content (AvgIpc) is 2.24. The van der Waals surface area contributed by atoms with Crippen LogP contribution >= 0.6 is 0 Å². The maximum absolute atomic E-state index is 6.18. The van der Waals surface area contributed by atoms with E-state index in [4.69, 9.17) is 4.43 Å². The van der Waals surface area contributed by atoms with Gasteiger partial charge in [0.2, 0.25) is 0 Å². The predicted octanol–water partition coefficient (Wildman–Crippen LogP) is 6.32. The Morgan fingerprint density at radius 3 is 2.00 bits per heavy atom. The van der Waals surface area contributed by atoms with Crippen molar-refractivity contribution in [1.29, 1.82) is 0 Å². The van der Waals surface area contributed by atoms with Gasteiger partial charge in [0.25, 0.3) is 0 Å². The summed E-state index contributed by atoms with van der Waals surface area (Å²) in [5, 5.41) is 0.345. The van der Waals surface area contributed by atoms with Gasteiger partial charge in [-0.1, -0.05) is 51.7 Å². The highest BCUT2D eigenvalue weighted by atomic mass is 28.4. The van der Waals surface area contributed by atoms with Gasteiger partial charge < -0.3 is 4.43 Å². The highest BCUT2D eigenvalue weighted by molar-refractivity contribution is 6.74. The second-order valence-corrected chi connectivity index (χ2v) is 12.3. The molecule has 0 aromatic heterocycles. The first kappa shape index (κ1) is 18.9. The van der Waals surface area contributed by atoms with Gasteiger partial charge in [0.1, 0.15) is 0 Å². The molecular weight excluding hydrogens is 248 g/mol. The van der Waals surface area contributed by atoms with Crippen LogP contribution in [-0.4, -0.2) is 14.9 Å². The largest absolute Gasteiger partial charge is 0.417 e. The van der Waals surface area contributed by atoms with Crippen molar-refractivity contribution in [1.82, 2.24) is 0 Å². The van der Waals surface area contributed by atoms with Gasteiger partial charge in [-0.3, -0.25) is 0 Å². The molecule has 0 rings (SSSR count). The Bertz CT molecular complexity index is 257. The van der Waals surface area contributed by atoms with Crippen LogP contribution in [0.15, 0.2) is 11.6 Å². The smallest absolute Gasteiger partial charge is 0.191 e. The van der Waals surface area contributed by atoms with Gasteiger partial charge in [0.15, 0.2) is 8.32 Å². The predicted molar refractivity (Wildman–Crippen MR) is 90.3 cm³/mol. The van der Waals surface area contributed by atoms with Crippen LogP contribution in [0.3, 0.4) is 0 Å². The van der Waals surface area contributed by atoms with Crippen molar-refractivity contribution in [2.75, 3.05) is 6.61 Å². The SMILES string of the molecule is CC(C)=CCCCCCCCO[Si](C)(C)C(C)(C)C. The third kappa shape index (κ3) is 9.45. The Morgan fingerprint density at radius 2 is 1.47 bits per heavy atom. The molecule has 0 unspecified atom stereocenters. The zero-order valence-corrected chi connectivity index (χ0v) is 15.4. The Labute approximate surface area is 123 Å². The lowest BCUT2D eigenvalue weighted by Gasteiger charge is -2.36. The van der Waals surface area contributed by atoms with Gasteiger partial charge in [-0.2, -0.15) is 0 Å². The summed E-state index contributed by atoms with van der Waals surface area (Å²) in [5.74, 6) is 0. The molecule has 1 nitrogen and oxygen atoms in total. The summed E-state index contributed by atoms with van der Waals surface area (Å²) >= 11 is 0. The maximum atomic E-state index is 6.18. The zero-order chi connectivity index (χ0) is 14.9. The molecule has 0 saturated carbocycles. The van der Waals surface area contributed by atoms with Crippen molar-refractivity contribution >= 4 is 8.32 Å². The molecular formula is C17H36OSi. The van der Waals surface area contributed by atoms with Gasteiger partial charge in [-0.25, -0.2) is 0 Å². The molecule has 19 heavy (non-hydrogen) atoms. The van der Waals surface area contributed by atoms with E-state index in [9.17, 15) is 0 Å². The van der Waals surface area contributed by atoms with Crippen molar-refractivity contribution in [2.24, 2.45) is 0 Å². The lowest BCUT2D eigenvalue weighted by atomic mass is 10.1. The summed E-state index contributed by atoms with van der Waals surface area (Å²) in [6, 6.07) is 0. The van der Waals surface area contributed by atoms with E-state index < -0.39 is 8.32 Å². The first-order chi connectivity index (χ1) is 8.67. The monoisotopic (exact) mass is 284 g/mol. The zero-order valence-electron chi connectivity index (χ0n) is 14.4. The summed E-state index contributed by atoms with van der Waals surface area (Å²) in [4.78, 5) is 0. The normalized spacial score (nSPS) is 12.6. The van der Waals surface area contributed by atoms with Crippen LogP contribution in [0, 0.1) is 0 Å². The third-order valence-corrected chi connectivity index (χ3v) is 8.71. The molecule has 0 amide bonds. The number of hydrogen-bond acceptors (Lipinski definition) is 1. The van der Waals surface area contributed by atoms with Gasteiger partial charge in [-0.05, 0) is 51.2 Å². The van der Waals surface area contributed by atoms with Crippen LogP contribution < -0.4 is 0 Å². The van der Waals surface area contributed by atoms with E-state index >= 15 is 0 Å². The standard InChI is InChI=1S/C17H36OSi/c1-16(2)14-12-10-8-9-11-13-15-18-19(6,7)17(3,4)5/h14H,8-13,15H2,1-7H3. The van der Waals surface area contributed by atoms with Crippen LogP contribution in [0.25, 0.3) is 0 Å². The van der Waals surface area contributed by atoms with Crippen LogP contribution in [0.2, 0.25) is 18.1 Å². The van der Waals surface area contributed by atoms with Gasteiger partial charge in [0.05, 0.1) is 0 Å². The number of hydrogen-bond donors (Lipinski definition) is 0. The van der Waals surface area contributed by atoms with E-state index in [0.29, 0.717) is 5.04 Å². The van der Waals surface area contributed by atoms with Gasteiger partial charge in [0, 0.05) is 6.61 Å². The fourth-order valence-electron chi connectivity index (χ4n) is 1.71. The number of unbranched alkanes of at least 4 members (excludes halogenated alkanes) is 5. The van der Waals surface area contributed by atoms with Gasteiger partial charge >= 0.3 is 0 Å². The number of rotatable bonds is 9. The van der Waals surface area contributed by atoms with Crippen LogP contribution in [0.5, 0.6) is 0 Å². The minimum Gasteiger partial charge on any atom is -0.417 e. The van der Waals surface area contributed by atoms with Crippen molar-refractivity contribution in [3.8, 4) is 0 Å². The van der Waals surface area contributed by atoms with E-state index in [1.54, 1.807) is 0 Å². The molecule has 114 valence electrons. The van der Waals surface area contributed by atoms with Crippen molar-refractivity contribution in [3.63, 3.8) is 0 Å². The Balaban J connectivity index is 3.49. The third-order valence-electron chi connectivity index (χ3n) is 4.17. The van der Waals surface area contributed by atoms with E-state index in [1.165, 1.54) is 44.1 Å². The molecule has 0 saturated heterocycles. The molecule has 0 heterocycles. The first-order valence-corrected chi connectivity index (χ1v) is 10.8. The minimum atomic E-state index is -1.51. The van der Waals surface area contributed by atoms with Crippen LogP contribution in [-0.2, 0) is 4.43 Å². The summed E-state index contributed by atoms with van der Waals surface area (Å²) in [5.41, 5.74) is 1.45. The molecule has 0 fully saturated rings. The van der Waals surface area contributed by atoms with E-state index in [1.807, 2.05) is 0 Å². The lowest BCUT2D eigenvalue weighted by molar-refractivity contribution is 0.277. The molecule has 0 bridgehead atoms. The first-order valence-electron chi connectivity index (χ1n) is 7.94. The molecule has 0 radical (unpaired) electrons. The summed E-state index contributed by atoms with van der Waals surface area (Å²) in [7, 11) is -1.51. The Hall–Kier alpha value is -0.0831. The summed E-state index contributed by atoms with van der Waals surface area (Å²) < 4.78 is 6.18. The van der Waals surface area contributed by atoms with E-state index in [0.717, 1.165) is 6.61 Å². The lowest BCUT2D eigenvalue weighted by Crippen LogP contribution is -2.40. The van der Waals surface area contributed by atoms with Crippen molar-refractivity contribution < 1.29 is 4.43 Å². The summed E-state index contributed by atoms with van der Waals surface area (Å²) in [6.07, 6.45) is 10.2. The number of allylic oxidation sites excluding steroid dienone is 2. The van der Waals surface area contributed by atoms with E-state index in [-0.39, 0.29) is 0 Å².